The third kappa shape index (κ3) is 4.33. The van der Waals surface area contributed by atoms with Gasteiger partial charge in [-0.15, -0.1) is 0 Å². The summed E-state index contributed by atoms with van der Waals surface area (Å²) in [5, 5.41) is 3.20. The van der Waals surface area contributed by atoms with Crippen molar-refractivity contribution in [1.29, 1.82) is 0 Å². The van der Waals surface area contributed by atoms with Crippen molar-refractivity contribution in [3.63, 3.8) is 0 Å². The largest absolute Gasteiger partial charge is 0.487 e. The molecule has 4 nitrogen and oxygen atoms in total. The number of carbonyl (C=O) groups excluding carboxylic acids is 1. The lowest BCUT2D eigenvalue weighted by atomic mass is 10.1. The summed E-state index contributed by atoms with van der Waals surface area (Å²) in [5.41, 5.74) is 2.25. The highest BCUT2D eigenvalue weighted by atomic mass is 35.5. The quantitative estimate of drug-likeness (QED) is 0.680. The first kappa shape index (κ1) is 17.0. The van der Waals surface area contributed by atoms with Gasteiger partial charge in [-0.25, -0.2) is 0 Å². The number of rotatable bonds is 4. The Kier molecular flexibility index (Phi) is 5.77. The monoisotopic (exact) mass is 330 g/mol. The lowest BCUT2D eigenvalue weighted by Gasteiger charge is -2.14. The maximum absolute atomic E-state index is 12.3. The Labute approximate surface area is 141 Å². The lowest BCUT2D eigenvalue weighted by molar-refractivity contribution is 0.0975. The molecule has 0 bridgehead atoms. The summed E-state index contributed by atoms with van der Waals surface area (Å²) in [6, 6.07) is 13.1. The summed E-state index contributed by atoms with van der Waals surface area (Å²) < 4.78 is 5.83. The minimum absolute atomic E-state index is 0.230. The van der Waals surface area contributed by atoms with Gasteiger partial charge >= 0.3 is 0 Å². The normalized spacial score (nSPS) is 11.2. The van der Waals surface area contributed by atoms with Crippen molar-refractivity contribution in [1.82, 2.24) is 5.32 Å². The number of hydrogen-bond acceptors (Lipinski definition) is 3. The van der Waals surface area contributed by atoms with Crippen LogP contribution in [0.4, 0.5) is 0 Å². The van der Waals surface area contributed by atoms with Gasteiger partial charge in [0.2, 0.25) is 0 Å². The minimum Gasteiger partial charge on any atom is -0.487 e. The molecule has 2 rings (SSSR count). The molecule has 0 radical (unpaired) electrons. The van der Waals surface area contributed by atoms with E-state index in [9.17, 15) is 4.79 Å². The standard InChI is InChI=1S/C18H19ClN2O2/c1-12-15(18(22)21-13(2)20-3)9-10-16(19)17(12)23-11-14-7-5-4-6-8-14/h4-10H,11H2,1-3H3,(H,20,21,22). The van der Waals surface area contributed by atoms with E-state index >= 15 is 0 Å². The van der Waals surface area contributed by atoms with Crippen molar-refractivity contribution in [2.75, 3.05) is 7.05 Å². The van der Waals surface area contributed by atoms with Crippen LogP contribution in [-0.4, -0.2) is 18.8 Å². The summed E-state index contributed by atoms with van der Waals surface area (Å²) in [6.07, 6.45) is 0. The van der Waals surface area contributed by atoms with Gasteiger partial charge < -0.3 is 10.1 Å². The predicted octanol–water partition coefficient (Wildman–Crippen LogP) is 4.01. The maximum Gasteiger partial charge on any atom is 0.256 e. The molecule has 0 unspecified atom stereocenters. The van der Waals surface area contributed by atoms with Crippen LogP contribution in [0, 0.1) is 6.92 Å². The van der Waals surface area contributed by atoms with Crippen molar-refractivity contribution in [3.8, 4) is 5.75 Å². The van der Waals surface area contributed by atoms with E-state index in [-0.39, 0.29) is 5.91 Å². The third-order valence-electron chi connectivity index (χ3n) is 3.46. The molecule has 120 valence electrons. The number of nitrogens with zero attached hydrogens (tertiary/aromatic N) is 1. The van der Waals surface area contributed by atoms with Crippen LogP contribution in [0.25, 0.3) is 0 Å². The summed E-state index contributed by atoms with van der Waals surface area (Å²) in [6.45, 7) is 3.94. The van der Waals surface area contributed by atoms with Gasteiger partial charge in [0, 0.05) is 18.2 Å². The first-order chi connectivity index (χ1) is 11.0. The van der Waals surface area contributed by atoms with Gasteiger partial charge in [-0.2, -0.15) is 0 Å². The van der Waals surface area contributed by atoms with Crippen molar-refractivity contribution in [3.05, 3.63) is 64.2 Å². The van der Waals surface area contributed by atoms with E-state index < -0.39 is 0 Å². The molecule has 0 aliphatic carbocycles. The molecule has 0 aliphatic rings. The minimum atomic E-state index is -0.230. The van der Waals surface area contributed by atoms with Crippen molar-refractivity contribution in [2.24, 2.45) is 4.99 Å². The summed E-state index contributed by atoms with van der Waals surface area (Å²) >= 11 is 6.22. The number of benzene rings is 2. The number of ether oxygens (including phenoxy) is 1. The fourth-order valence-corrected chi connectivity index (χ4v) is 2.36. The van der Waals surface area contributed by atoms with Gasteiger partial charge in [0.15, 0.2) is 0 Å². The fourth-order valence-electron chi connectivity index (χ4n) is 2.10. The fraction of sp³-hybridized carbons (Fsp3) is 0.222. The summed E-state index contributed by atoms with van der Waals surface area (Å²) in [7, 11) is 1.62. The molecule has 23 heavy (non-hydrogen) atoms. The molecule has 0 heterocycles. The van der Waals surface area contributed by atoms with Gasteiger partial charge in [0.05, 0.1) is 10.9 Å². The molecule has 0 fully saturated rings. The van der Waals surface area contributed by atoms with Crippen LogP contribution in [0.1, 0.15) is 28.4 Å². The second-order valence-corrected chi connectivity index (χ2v) is 5.49. The van der Waals surface area contributed by atoms with Crippen molar-refractivity contribution >= 4 is 23.3 Å². The maximum atomic E-state index is 12.3. The average molecular weight is 331 g/mol. The van der Waals surface area contributed by atoms with E-state index in [0.29, 0.717) is 34.3 Å². The molecule has 1 N–H and O–H groups in total. The highest BCUT2D eigenvalue weighted by Gasteiger charge is 2.16. The van der Waals surface area contributed by atoms with E-state index in [1.54, 1.807) is 26.1 Å². The van der Waals surface area contributed by atoms with Crippen LogP contribution in [0.15, 0.2) is 47.5 Å². The Morgan fingerprint density at radius 2 is 1.91 bits per heavy atom. The van der Waals surface area contributed by atoms with Crippen LogP contribution in [0.3, 0.4) is 0 Å². The molecule has 5 heteroatoms. The van der Waals surface area contributed by atoms with E-state index in [4.69, 9.17) is 16.3 Å². The van der Waals surface area contributed by atoms with Gasteiger partial charge in [-0.1, -0.05) is 41.9 Å². The zero-order valence-electron chi connectivity index (χ0n) is 13.4. The van der Waals surface area contributed by atoms with Crippen LogP contribution in [0.2, 0.25) is 5.02 Å². The predicted molar refractivity (Wildman–Crippen MR) is 93.5 cm³/mol. The highest BCUT2D eigenvalue weighted by Crippen LogP contribution is 2.31. The number of amides is 1. The van der Waals surface area contributed by atoms with E-state index in [1.165, 1.54) is 0 Å². The Bertz CT molecular complexity index is 727. The number of hydrogen-bond donors (Lipinski definition) is 1. The molecule has 0 atom stereocenters. The van der Waals surface area contributed by atoms with Gasteiger partial charge in [-0.3, -0.25) is 9.79 Å². The van der Waals surface area contributed by atoms with Gasteiger partial charge in [0.25, 0.3) is 5.91 Å². The van der Waals surface area contributed by atoms with E-state index in [0.717, 1.165) is 5.56 Å². The Morgan fingerprint density at radius 3 is 2.57 bits per heavy atom. The summed E-state index contributed by atoms with van der Waals surface area (Å²) in [4.78, 5) is 16.2. The Hall–Kier alpha value is -2.33. The van der Waals surface area contributed by atoms with E-state index in [1.807, 2.05) is 37.3 Å². The number of amidine groups is 1. The molecule has 2 aromatic carbocycles. The van der Waals surface area contributed by atoms with Crippen molar-refractivity contribution in [2.45, 2.75) is 20.5 Å². The SMILES string of the molecule is C/N=C(\C)NC(=O)c1ccc(Cl)c(OCc2ccccc2)c1C. The third-order valence-corrected chi connectivity index (χ3v) is 3.76. The molecule has 0 aromatic heterocycles. The topological polar surface area (TPSA) is 50.7 Å². The number of halogens is 1. The molecule has 0 spiro atoms. The number of carbonyl (C=O) groups is 1. The molecule has 0 saturated heterocycles. The highest BCUT2D eigenvalue weighted by molar-refractivity contribution is 6.32. The molecule has 2 aromatic rings. The molecular weight excluding hydrogens is 312 g/mol. The average Bonchev–Trinajstić information content (AvgIpc) is 2.55. The summed E-state index contributed by atoms with van der Waals surface area (Å²) in [5.74, 6) is 0.845. The smallest absolute Gasteiger partial charge is 0.256 e. The van der Waals surface area contributed by atoms with Crippen LogP contribution >= 0.6 is 11.6 Å². The molecule has 0 aliphatic heterocycles. The second-order valence-electron chi connectivity index (χ2n) is 5.09. The van der Waals surface area contributed by atoms with Gasteiger partial charge in [-0.05, 0) is 31.5 Å². The first-order valence-corrected chi connectivity index (χ1v) is 7.61. The first-order valence-electron chi connectivity index (χ1n) is 7.23. The number of aliphatic imine (C=N–C) groups is 1. The van der Waals surface area contributed by atoms with Crippen LogP contribution < -0.4 is 10.1 Å². The Balaban J connectivity index is 2.23. The van der Waals surface area contributed by atoms with Crippen LogP contribution in [0.5, 0.6) is 5.75 Å². The molecule has 0 saturated carbocycles. The van der Waals surface area contributed by atoms with Gasteiger partial charge in [0.1, 0.15) is 12.4 Å². The number of nitrogens with one attached hydrogen (secondary N) is 1. The van der Waals surface area contributed by atoms with Crippen molar-refractivity contribution < 1.29 is 9.53 Å². The lowest BCUT2D eigenvalue weighted by Crippen LogP contribution is -2.28. The zero-order chi connectivity index (χ0) is 16.8. The Morgan fingerprint density at radius 1 is 1.22 bits per heavy atom. The van der Waals surface area contributed by atoms with Crippen LogP contribution in [-0.2, 0) is 6.61 Å². The second kappa shape index (κ2) is 7.79. The zero-order valence-corrected chi connectivity index (χ0v) is 14.1. The molecular formula is C18H19ClN2O2. The molecule has 1 amide bonds. The van der Waals surface area contributed by atoms with E-state index in [2.05, 4.69) is 10.3 Å².